The normalized spacial score (nSPS) is 22.4. The third-order valence-electron chi connectivity index (χ3n) is 2.32. The Kier molecular flexibility index (Phi) is 4.90. The van der Waals surface area contributed by atoms with E-state index < -0.39 is 0 Å². The summed E-state index contributed by atoms with van der Waals surface area (Å²) in [5, 5.41) is 9.37. The summed E-state index contributed by atoms with van der Waals surface area (Å²) in [4.78, 5) is 13.2. The van der Waals surface area contributed by atoms with Crippen LogP contribution in [0.2, 0.25) is 0 Å². The number of aliphatic hydroxyl groups excluding tert-OH is 1. The van der Waals surface area contributed by atoms with E-state index in [-0.39, 0.29) is 18.6 Å². The summed E-state index contributed by atoms with van der Waals surface area (Å²) in [6.07, 6.45) is 2.27. The number of ether oxygens (including phenoxy) is 1. The predicted octanol–water partition coefficient (Wildman–Crippen LogP) is 0.396. The summed E-state index contributed by atoms with van der Waals surface area (Å²) in [6.45, 7) is 4.01. The molecule has 1 saturated heterocycles. The van der Waals surface area contributed by atoms with Gasteiger partial charge >= 0.3 is 0 Å². The molecule has 0 radical (unpaired) electrons. The first-order chi connectivity index (χ1) is 6.74. The van der Waals surface area contributed by atoms with E-state index in [1.807, 2.05) is 6.92 Å². The Morgan fingerprint density at radius 3 is 3.07 bits per heavy atom. The van der Waals surface area contributed by atoms with E-state index in [9.17, 15) is 9.90 Å². The number of piperidine rings is 1. The van der Waals surface area contributed by atoms with Crippen LogP contribution in [0.25, 0.3) is 0 Å². The van der Waals surface area contributed by atoms with E-state index in [1.54, 1.807) is 4.90 Å². The first-order valence-electron chi connectivity index (χ1n) is 5.27. The number of β-amino-alcohol motifs (C(OH)–C–C–N with tert-alkyl or cyclic N) is 1. The number of hydrogen-bond acceptors (Lipinski definition) is 3. The van der Waals surface area contributed by atoms with Crippen LogP contribution < -0.4 is 0 Å². The van der Waals surface area contributed by atoms with Crippen molar-refractivity contribution < 1.29 is 14.6 Å². The molecule has 0 aromatic heterocycles. The van der Waals surface area contributed by atoms with Gasteiger partial charge in [0.25, 0.3) is 0 Å². The fourth-order valence-corrected chi connectivity index (χ4v) is 1.58. The van der Waals surface area contributed by atoms with Gasteiger partial charge in [0.1, 0.15) is 6.61 Å². The maximum atomic E-state index is 11.5. The minimum absolute atomic E-state index is 0.00259. The van der Waals surface area contributed by atoms with Crippen molar-refractivity contribution in [2.75, 3.05) is 26.3 Å². The second kappa shape index (κ2) is 5.98. The number of aliphatic hydroxyl groups is 1. The molecule has 4 heteroatoms. The highest BCUT2D eigenvalue weighted by Crippen LogP contribution is 2.09. The van der Waals surface area contributed by atoms with E-state index in [0.29, 0.717) is 13.2 Å². The minimum Gasteiger partial charge on any atom is -0.391 e. The zero-order valence-electron chi connectivity index (χ0n) is 8.74. The molecule has 0 spiro atoms. The second-order valence-corrected chi connectivity index (χ2v) is 3.69. The van der Waals surface area contributed by atoms with Crippen LogP contribution >= 0.6 is 0 Å². The third kappa shape index (κ3) is 3.64. The molecule has 0 aromatic carbocycles. The fourth-order valence-electron chi connectivity index (χ4n) is 1.58. The van der Waals surface area contributed by atoms with Crippen molar-refractivity contribution in [3.63, 3.8) is 0 Å². The van der Waals surface area contributed by atoms with E-state index in [0.717, 1.165) is 25.8 Å². The highest BCUT2D eigenvalue weighted by atomic mass is 16.5. The zero-order valence-corrected chi connectivity index (χ0v) is 8.74. The van der Waals surface area contributed by atoms with E-state index in [4.69, 9.17) is 4.74 Å². The van der Waals surface area contributed by atoms with Gasteiger partial charge in [-0.25, -0.2) is 0 Å². The van der Waals surface area contributed by atoms with Gasteiger partial charge in [-0.1, -0.05) is 6.92 Å². The number of likely N-dealkylation sites (tertiary alicyclic amines) is 1. The number of carbonyl (C=O) groups excluding carboxylic acids is 1. The first-order valence-corrected chi connectivity index (χ1v) is 5.27. The van der Waals surface area contributed by atoms with Crippen LogP contribution in [0.5, 0.6) is 0 Å². The second-order valence-electron chi connectivity index (χ2n) is 3.69. The van der Waals surface area contributed by atoms with Gasteiger partial charge < -0.3 is 14.7 Å². The van der Waals surface area contributed by atoms with Gasteiger partial charge in [0.15, 0.2) is 0 Å². The van der Waals surface area contributed by atoms with Crippen molar-refractivity contribution in [3.8, 4) is 0 Å². The Morgan fingerprint density at radius 1 is 1.64 bits per heavy atom. The monoisotopic (exact) mass is 201 g/mol. The first kappa shape index (κ1) is 11.5. The molecule has 1 heterocycles. The molecule has 82 valence electrons. The molecule has 0 saturated carbocycles. The average molecular weight is 201 g/mol. The molecule has 4 nitrogen and oxygen atoms in total. The quantitative estimate of drug-likeness (QED) is 0.670. The zero-order chi connectivity index (χ0) is 10.4. The summed E-state index contributed by atoms with van der Waals surface area (Å²) < 4.78 is 5.16. The van der Waals surface area contributed by atoms with E-state index >= 15 is 0 Å². The number of rotatable bonds is 4. The summed E-state index contributed by atoms with van der Waals surface area (Å²) in [7, 11) is 0. The predicted molar refractivity (Wildman–Crippen MR) is 52.9 cm³/mol. The maximum Gasteiger partial charge on any atom is 0.248 e. The van der Waals surface area contributed by atoms with Gasteiger partial charge in [-0.05, 0) is 19.3 Å². The molecule has 1 fully saturated rings. The summed E-state index contributed by atoms with van der Waals surface area (Å²) in [5.41, 5.74) is 0. The van der Waals surface area contributed by atoms with Crippen molar-refractivity contribution in [1.29, 1.82) is 0 Å². The third-order valence-corrected chi connectivity index (χ3v) is 2.32. The molecule has 14 heavy (non-hydrogen) atoms. The van der Waals surface area contributed by atoms with Crippen molar-refractivity contribution in [1.82, 2.24) is 4.90 Å². The Hall–Kier alpha value is -0.610. The molecular formula is C10H19NO3. The van der Waals surface area contributed by atoms with Gasteiger partial charge in [0.05, 0.1) is 6.10 Å². The van der Waals surface area contributed by atoms with Crippen LogP contribution in [0.4, 0.5) is 0 Å². The fraction of sp³-hybridized carbons (Fsp3) is 0.900. The smallest absolute Gasteiger partial charge is 0.248 e. The van der Waals surface area contributed by atoms with Gasteiger partial charge in [-0.3, -0.25) is 4.79 Å². The summed E-state index contributed by atoms with van der Waals surface area (Å²) >= 11 is 0. The molecule has 1 atom stereocenters. The van der Waals surface area contributed by atoms with Gasteiger partial charge in [-0.2, -0.15) is 0 Å². The van der Waals surface area contributed by atoms with Crippen LogP contribution in [0.15, 0.2) is 0 Å². The van der Waals surface area contributed by atoms with Crippen LogP contribution in [0, 0.1) is 0 Å². The highest BCUT2D eigenvalue weighted by Gasteiger charge is 2.21. The van der Waals surface area contributed by atoms with Crippen LogP contribution in [-0.4, -0.2) is 48.3 Å². The van der Waals surface area contributed by atoms with Crippen molar-refractivity contribution in [2.45, 2.75) is 32.3 Å². The molecule has 0 bridgehead atoms. The van der Waals surface area contributed by atoms with Crippen LogP contribution in [0.1, 0.15) is 26.2 Å². The Morgan fingerprint density at radius 2 is 2.43 bits per heavy atom. The molecule has 1 N–H and O–H groups in total. The van der Waals surface area contributed by atoms with Crippen LogP contribution in [-0.2, 0) is 9.53 Å². The lowest BCUT2D eigenvalue weighted by atomic mass is 10.1. The Balaban J connectivity index is 2.22. The van der Waals surface area contributed by atoms with Crippen LogP contribution in [0.3, 0.4) is 0 Å². The summed E-state index contributed by atoms with van der Waals surface area (Å²) in [5.74, 6) is -0.00259. The lowest BCUT2D eigenvalue weighted by Gasteiger charge is -2.29. The standard InChI is InChI=1S/C10H19NO3/c1-2-6-14-8-10(13)11-5-3-4-9(12)7-11/h9,12H,2-8H2,1H3/t9-/m0/s1. The number of hydrogen-bond donors (Lipinski definition) is 1. The van der Waals surface area contributed by atoms with E-state index in [2.05, 4.69) is 0 Å². The molecule has 1 aliphatic heterocycles. The largest absolute Gasteiger partial charge is 0.391 e. The lowest BCUT2D eigenvalue weighted by molar-refractivity contribution is -0.139. The molecule has 0 unspecified atom stereocenters. The average Bonchev–Trinajstić information content (AvgIpc) is 2.18. The lowest BCUT2D eigenvalue weighted by Crippen LogP contribution is -2.43. The van der Waals surface area contributed by atoms with E-state index in [1.165, 1.54) is 0 Å². The van der Waals surface area contributed by atoms with Crippen molar-refractivity contribution >= 4 is 5.91 Å². The van der Waals surface area contributed by atoms with Gasteiger partial charge in [0.2, 0.25) is 5.91 Å². The minimum atomic E-state index is -0.348. The molecule has 0 aromatic rings. The number of nitrogens with zero attached hydrogens (tertiary/aromatic N) is 1. The topological polar surface area (TPSA) is 49.8 Å². The summed E-state index contributed by atoms with van der Waals surface area (Å²) in [6, 6.07) is 0. The SMILES string of the molecule is CCCOCC(=O)N1CCC[C@H](O)C1. The molecule has 1 rings (SSSR count). The molecule has 0 aliphatic carbocycles. The maximum absolute atomic E-state index is 11.5. The molecular weight excluding hydrogens is 182 g/mol. The molecule has 1 aliphatic rings. The van der Waals surface area contributed by atoms with Gasteiger partial charge in [0, 0.05) is 19.7 Å². The van der Waals surface area contributed by atoms with Gasteiger partial charge in [-0.15, -0.1) is 0 Å². The number of carbonyl (C=O) groups is 1. The Bertz CT molecular complexity index is 184. The van der Waals surface area contributed by atoms with Crippen molar-refractivity contribution in [2.24, 2.45) is 0 Å². The molecule has 1 amide bonds. The Labute approximate surface area is 84.8 Å². The number of amides is 1. The highest BCUT2D eigenvalue weighted by molar-refractivity contribution is 5.77. The van der Waals surface area contributed by atoms with Crippen molar-refractivity contribution in [3.05, 3.63) is 0 Å².